The summed E-state index contributed by atoms with van der Waals surface area (Å²) in [6, 6.07) is 11.7. The van der Waals surface area contributed by atoms with Crippen molar-refractivity contribution >= 4 is 0 Å². The van der Waals surface area contributed by atoms with E-state index < -0.39 is 0 Å². The van der Waals surface area contributed by atoms with Gasteiger partial charge in [0.05, 0.1) is 12.6 Å². The minimum atomic E-state index is 0.431. The summed E-state index contributed by atoms with van der Waals surface area (Å²) in [5.74, 6) is 0.576. The van der Waals surface area contributed by atoms with Crippen LogP contribution >= 0.6 is 0 Å². The third-order valence-corrected chi connectivity index (χ3v) is 4.43. The molecule has 0 radical (unpaired) electrons. The van der Waals surface area contributed by atoms with E-state index in [0.29, 0.717) is 18.0 Å². The van der Waals surface area contributed by atoms with Gasteiger partial charge >= 0.3 is 0 Å². The van der Waals surface area contributed by atoms with Gasteiger partial charge < -0.3 is 10.1 Å². The van der Waals surface area contributed by atoms with Gasteiger partial charge in [-0.05, 0) is 19.4 Å². The molecule has 0 saturated carbocycles. The van der Waals surface area contributed by atoms with Gasteiger partial charge in [0.1, 0.15) is 0 Å². The number of ether oxygens (including phenoxy) is 1. The standard InChI is InChI=1S/C17H28N2O/c1-14(12-19-11-7-10-16(19)13-20-3)17(18-2)15-8-5-4-6-9-15/h4-6,8-9,14,16-17H,2,7,10-13,18H2,1,3H3/t14-,16-,17+/m0/s1. The zero-order valence-electron chi connectivity index (χ0n) is 12.8. The van der Waals surface area contributed by atoms with E-state index >= 15 is 0 Å². The largest absolute Gasteiger partial charge is 0.472 e. The van der Waals surface area contributed by atoms with Crippen molar-refractivity contribution in [2.24, 2.45) is 5.92 Å². The SMILES string of the molecule is [CH2-][NH2+][C@@H](c1ccccc1)[C@@H](C)CN1CCC[C@H]1COC. The first-order valence-electron chi connectivity index (χ1n) is 7.66. The van der Waals surface area contributed by atoms with Gasteiger partial charge in [-0.3, -0.25) is 4.90 Å². The van der Waals surface area contributed by atoms with Gasteiger partial charge in [0, 0.05) is 31.2 Å². The Kier molecular flexibility index (Phi) is 6.02. The molecule has 2 N–H and O–H groups in total. The molecule has 1 aliphatic heterocycles. The van der Waals surface area contributed by atoms with Crippen LogP contribution in [0.1, 0.15) is 31.4 Å². The molecule has 0 amide bonds. The lowest BCUT2D eigenvalue weighted by Crippen LogP contribution is -2.80. The first-order chi connectivity index (χ1) is 9.76. The number of nitrogens with zero attached hydrogens (tertiary/aromatic N) is 1. The molecule has 1 fully saturated rings. The molecule has 1 aromatic rings. The Labute approximate surface area is 123 Å². The lowest BCUT2D eigenvalue weighted by Gasteiger charge is -2.31. The Hall–Kier alpha value is -0.900. The van der Waals surface area contributed by atoms with Gasteiger partial charge in [-0.15, -0.1) is 0 Å². The van der Waals surface area contributed by atoms with Crippen molar-refractivity contribution < 1.29 is 10.1 Å². The van der Waals surface area contributed by atoms with Gasteiger partial charge in [0.2, 0.25) is 0 Å². The maximum atomic E-state index is 5.35. The summed E-state index contributed by atoms with van der Waals surface area (Å²) < 4.78 is 5.35. The molecule has 0 unspecified atom stereocenters. The Morgan fingerprint density at radius 1 is 1.40 bits per heavy atom. The van der Waals surface area contributed by atoms with Crippen molar-refractivity contribution in [3.05, 3.63) is 42.9 Å². The molecule has 1 aromatic carbocycles. The van der Waals surface area contributed by atoms with Crippen LogP contribution in [0.25, 0.3) is 0 Å². The molecular weight excluding hydrogens is 248 g/mol. The van der Waals surface area contributed by atoms with E-state index in [4.69, 9.17) is 4.74 Å². The number of likely N-dealkylation sites (tertiary alicyclic amines) is 1. The molecule has 3 nitrogen and oxygen atoms in total. The van der Waals surface area contributed by atoms with Crippen molar-refractivity contribution in [1.29, 1.82) is 0 Å². The maximum Gasteiger partial charge on any atom is 0.0914 e. The Balaban J connectivity index is 1.97. The van der Waals surface area contributed by atoms with Crippen LogP contribution in [-0.2, 0) is 4.74 Å². The molecule has 3 heteroatoms. The summed E-state index contributed by atoms with van der Waals surface area (Å²) in [5, 5.41) is 2.10. The van der Waals surface area contributed by atoms with Crippen molar-refractivity contribution in [2.75, 3.05) is 26.8 Å². The average molecular weight is 276 g/mol. The lowest BCUT2D eigenvalue weighted by atomic mass is 9.94. The maximum absolute atomic E-state index is 5.35. The highest BCUT2D eigenvalue weighted by Gasteiger charge is 2.28. The number of hydrogen-bond donors (Lipinski definition) is 1. The van der Waals surface area contributed by atoms with Gasteiger partial charge in [0.25, 0.3) is 0 Å². The van der Waals surface area contributed by atoms with Crippen LogP contribution in [0, 0.1) is 13.0 Å². The third kappa shape index (κ3) is 3.81. The summed E-state index contributed by atoms with van der Waals surface area (Å²) in [7, 11) is 5.85. The van der Waals surface area contributed by atoms with E-state index in [-0.39, 0.29) is 0 Å². The second-order valence-electron chi connectivity index (χ2n) is 5.90. The van der Waals surface area contributed by atoms with Crippen molar-refractivity contribution in [1.82, 2.24) is 4.90 Å². The van der Waals surface area contributed by atoms with Crippen LogP contribution in [-0.4, -0.2) is 37.7 Å². The van der Waals surface area contributed by atoms with Gasteiger partial charge in [-0.2, -0.15) is 7.05 Å². The fraction of sp³-hybridized carbons (Fsp3) is 0.588. The normalized spacial score (nSPS) is 22.9. The molecule has 3 atom stereocenters. The van der Waals surface area contributed by atoms with Crippen molar-refractivity contribution in [3.63, 3.8) is 0 Å². The number of methoxy groups -OCH3 is 1. The van der Waals surface area contributed by atoms with Crippen molar-refractivity contribution in [3.8, 4) is 0 Å². The molecular formula is C17H28N2O. The highest BCUT2D eigenvalue weighted by Crippen LogP contribution is 2.24. The van der Waals surface area contributed by atoms with E-state index in [0.717, 1.165) is 13.2 Å². The second kappa shape index (κ2) is 7.77. The van der Waals surface area contributed by atoms with Gasteiger partial charge in [-0.1, -0.05) is 37.3 Å². The van der Waals surface area contributed by atoms with Crippen LogP contribution in [0.3, 0.4) is 0 Å². The minimum absolute atomic E-state index is 0.431. The molecule has 1 saturated heterocycles. The summed E-state index contributed by atoms with van der Waals surface area (Å²) in [5.41, 5.74) is 1.37. The average Bonchev–Trinajstić information content (AvgIpc) is 2.88. The van der Waals surface area contributed by atoms with E-state index in [9.17, 15) is 0 Å². The summed E-state index contributed by atoms with van der Waals surface area (Å²) in [6.45, 7) is 5.52. The monoisotopic (exact) mass is 276 g/mol. The molecule has 20 heavy (non-hydrogen) atoms. The zero-order chi connectivity index (χ0) is 14.4. The number of rotatable bonds is 7. The van der Waals surface area contributed by atoms with E-state index in [1.165, 1.54) is 24.9 Å². The van der Waals surface area contributed by atoms with Crippen LogP contribution in [0.5, 0.6) is 0 Å². The third-order valence-electron chi connectivity index (χ3n) is 4.43. The molecule has 1 heterocycles. The van der Waals surface area contributed by atoms with Gasteiger partial charge in [-0.25, -0.2) is 0 Å². The summed E-state index contributed by atoms with van der Waals surface area (Å²) in [4.78, 5) is 2.59. The number of hydrogen-bond acceptors (Lipinski definition) is 2. The Bertz CT molecular complexity index is 382. The summed E-state index contributed by atoms with van der Waals surface area (Å²) in [6.07, 6.45) is 2.56. The Morgan fingerprint density at radius 3 is 2.80 bits per heavy atom. The molecule has 0 bridgehead atoms. The lowest BCUT2D eigenvalue weighted by molar-refractivity contribution is -0.648. The number of quaternary nitrogens is 1. The van der Waals surface area contributed by atoms with E-state index in [2.05, 4.69) is 54.5 Å². The number of nitrogens with two attached hydrogens (primary N) is 1. The van der Waals surface area contributed by atoms with Crippen LogP contribution in [0.15, 0.2) is 30.3 Å². The molecule has 0 aromatic heterocycles. The predicted octanol–water partition coefficient (Wildman–Crippen LogP) is 1.83. The molecule has 1 aliphatic rings. The topological polar surface area (TPSA) is 29.1 Å². The fourth-order valence-corrected chi connectivity index (χ4v) is 3.37. The zero-order valence-corrected chi connectivity index (χ0v) is 12.8. The van der Waals surface area contributed by atoms with E-state index in [1.807, 2.05) is 0 Å². The first kappa shape index (κ1) is 15.5. The minimum Gasteiger partial charge on any atom is -0.472 e. The van der Waals surface area contributed by atoms with Crippen molar-refractivity contribution in [2.45, 2.75) is 31.8 Å². The summed E-state index contributed by atoms with van der Waals surface area (Å²) >= 11 is 0. The first-order valence-corrected chi connectivity index (χ1v) is 7.66. The van der Waals surface area contributed by atoms with E-state index in [1.54, 1.807) is 7.11 Å². The number of benzene rings is 1. The molecule has 0 aliphatic carbocycles. The van der Waals surface area contributed by atoms with Crippen LogP contribution in [0.2, 0.25) is 0 Å². The predicted molar refractivity (Wildman–Crippen MR) is 82.1 cm³/mol. The smallest absolute Gasteiger partial charge is 0.0914 e. The highest BCUT2D eigenvalue weighted by atomic mass is 16.5. The fourth-order valence-electron chi connectivity index (χ4n) is 3.37. The molecule has 112 valence electrons. The highest BCUT2D eigenvalue weighted by molar-refractivity contribution is 5.17. The molecule has 0 spiro atoms. The quantitative estimate of drug-likeness (QED) is 0.770. The van der Waals surface area contributed by atoms with Gasteiger partial charge in [0.15, 0.2) is 0 Å². The van der Waals surface area contributed by atoms with Crippen LogP contribution < -0.4 is 5.32 Å². The van der Waals surface area contributed by atoms with Crippen LogP contribution in [0.4, 0.5) is 0 Å². The Morgan fingerprint density at radius 2 is 2.15 bits per heavy atom. The molecule has 2 rings (SSSR count). The second-order valence-corrected chi connectivity index (χ2v) is 5.90.